The minimum Gasteiger partial charge on any atom is -0.351 e. The van der Waals surface area contributed by atoms with Crippen molar-refractivity contribution in [2.75, 3.05) is 20.1 Å². The highest BCUT2D eigenvalue weighted by molar-refractivity contribution is 5.81. The Morgan fingerprint density at radius 1 is 1.41 bits per heavy atom. The normalized spacial score (nSPS) is 19.8. The van der Waals surface area contributed by atoms with E-state index in [2.05, 4.69) is 5.32 Å². The van der Waals surface area contributed by atoms with Gasteiger partial charge < -0.3 is 16.0 Å². The largest absolute Gasteiger partial charge is 0.351 e. The van der Waals surface area contributed by atoms with Crippen LogP contribution in [0.5, 0.6) is 0 Å². The van der Waals surface area contributed by atoms with Gasteiger partial charge in [-0.3, -0.25) is 9.59 Å². The molecule has 1 aliphatic heterocycles. The van der Waals surface area contributed by atoms with Gasteiger partial charge >= 0.3 is 0 Å². The summed E-state index contributed by atoms with van der Waals surface area (Å²) in [5, 5.41) is 2.90. The second kappa shape index (κ2) is 7.27. The van der Waals surface area contributed by atoms with Crippen molar-refractivity contribution in [3.8, 4) is 0 Å². The monoisotopic (exact) mass is 241 g/mol. The van der Waals surface area contributed by atoms with Gasteiger partial charge in [-0.25, -0.2) is 0 Å². The highest BCUT2D eigenvalue weighted by Gasteiger charge is 2.27. The lowest BCUT2D eigenvalue weighted by Gasteiger charge is -2.12. The van der Waals surface area contributed by atoms with E-state index in [9.17, 15) is 9.59 Å². The van der Waals surface area contributed by atoms with Crippen LogP contribution in [0.15, 0.2) is 0 Å². The van der Waals surface area contributed by atoms with Crippen LogP contribution >= 0.6 is 0 Å². The molecular formula is C12H23N3O2. The molecule has 17 heavy (non-hydrogen) atoms. The topological polar surface area (TPSA) is 75.4 Å². The van der Waals surface area contributed by atoms with Crippen LogP contribution in [0.4, 0.5) is 0 Å². The molecule has 0 saturated carbocycles. The molecule has 1 unspecified atom stereocenters. The van der Waals surface area contributed by atoms with Gasteiger partial charge in [-0.15, -0.1) is 0 Å². The lowest BCUT2D eigenvalue weighted by molar-refractivity contribution is -0.126. The molecule has 3 N–H and O–H groups in total. The van der Waals surface area contributed by atoms with Gasteiger partial charge in [-0.05, 0) is 19.4 Å². The molecule has 5 heteroatoms. The van der Waals surface area contributed by atoms with Gasteiger partial charge in [0.05, 0.1) is 6.04 Å². The number of carbonyl (C=O) groups excluding carboxylic acids is 2. The number of carbonyl (C=O) groups is 2. The van der Waals surface area contributed by atoms with E-state index in [4.69, 9.17) is 5.73 Å². The SMILES string of the molecule is CN1CC(NC(=O)CCCCCCN)CC1=O. The highest BCUT2D eigenvalue weighted by Crippen LogP contribution is 2.09. The van der Waals surface area contributed by atoms with Crippen LogP contribution < -0.4 is 11.1 Å². The van der Waals surface area contributed by atoms with Crippen molar-refractivity contribution in [1.29, 1.82) is 0 Å². The molecule has 1 rings (SSSR count). The molecule has 5 nitrogen and oxygen atoms in total. The third-order valence-electron chi connectivity index (χ3n) is 3.06. The van der Waals surface area contributed by atoms with Crippen molar-refractivity contribution in [2.45, 2.75) is 44.6 Å². The standard InChI is InChI=1S/C12H23N3O2/c1-15-9-10(8-12(15)17)14-11(16)6-4-2-3-5-7-13/h10H,2-9,13H2,1H3,(H,14,16). The summed E-state index contributed by atoms with van der Waals surface area (Å²) >= 11 is 0. The van der Waals surface area contributed by atoms with Crippen LogP contribution in [-0.4, -0.2) is 42.9 Å². The second-order valence-corrected chi connectivity index (χ2v) is 4.70. The van der Waals surface area contributed by atoms with Gasteiger partial charge in [0.1, 0.15) is 0 Å². The Balaban J connectivity index is 2.07. The molecule has 0 bridgehead atoms. The first-order valence-corrected chi connectivity index (χ1v) is 6.37. The number of hydrogen-bond acceptors (Lipinski definition) is 3. The van der Waals surface area contributed by atoms with Crippen LogP contribution in [0.1, 0.15) is 38.5 Å². The Hall–Kier alpha value is -1.10. The van der Waals surface area contributed by atoms with E-state index in [0.717, 1.165) is 32.2 Å². The van der Waals surface area contributed by atoms with Gasteiger partial charge in [-0.1, -0.05) is 12.8 Å². The Labute approximate surface area is 103 Å². The molecule has 1 aliphatic rings. The molecule has 2 amide bonds. The van der Waals surface area contributed by atoms with Gasteiger partial charge in [0.25, 0.3) is 0 Å². The van der Waals surface area contributed by atoms with Crippen LogP contribution in [0.25, 0.3) is 0 Å². The van der Waals surface area contributed by atoms with Gasteiger partial charge in [-0.2, -0.15) is 0 Å². The number of nitrogens with one attached hydrogen (secondary N) is 1. The molecule has 0 aliphatic carbocycles. The van der Waals surface area contributed by atoms with Crippen molar-refractivity contribution in [3.63, 3.8) is 0 Å². The van der Waals surface area contributed by atoms with Crippen LogP contribution in [0, 0.1) is 0 Å². The fourth-order valence-corrected chi connectivity index (χ4v) is 2.04. The lowest BCUT2D eigenvalue weighted by atomic mass is 10.1. The number of rotatable bonds is 7. The quantitative estimate of drug-likeness (QED) is 0.627. The molecule has 0 spiro atoms. The van der Waals surface area contributed by atoms with Gasteiger partial charge in [0, 0.05) is 26.4 Å². The zero-order valence-electron chi connectivity index (χ0n) is 10.6. The molecule has 1 saturated heterocycles. The van der Waals surface area contributed by atoms with E-state index in [1.54, 1.807) is 11.9 Å². The Bertz CT molecular complexity index is 268. The molecule has 1 heterocycles. The maximum atomic E-state index is 11.6. The summed E-state index contributed by atoms with van der Waals surface area (Å²) in [6, 6.07) is 0.00374. The Morgan fingerprint density at radius 2 is 2.12 bits per heavy atom. The fourth-order valence-electron chi connectivity index (χ4n) is 2.04. The van der Waals surface area contributed by atoms with Crippen molar-refractivity contribution in [2.24, 2.45) is 5.73 Å². The number of unbranched alkanes of at least 4 members (excludes halogenated alkanes) is 3. The van der Waals surface area contributed by atoms with Crippen LogP contribution in [-0.2, 0) is 9.59 Å². The number of likely N-dealkylation sites (N-methyl/N-ethyl adjacent to an activating group) is 1. The van der Waals surface area contributed by atoms with E-state index >= 15 is 0 Å². The van der Waals surface area contributed by atoms with E-state index in [-0.39, 0.29) is 17.9 Å². The average molecular weight is 241 g/mol. The van der Waals surface area contributed by atoms with E-state index in [0.29, 0.717) is 19.4 Å². The summed E-state index contributed by atoms with van der Waals surface area (Å²) in [5.41, 5.74) is 5.39. The summed E-state index contributed by atoms with van der Waals surface area (Å²) in [5.74, 6) is 0.170. The number of amides is 2. The molecule has 0 radical (unpaired) electrons. The van der Waals surface area contributed by atoms with E-state index in [1.807, 2.05) is 0 Å². The summed E-state index contributed by atoms with van der Waals surface area (Å²) in [4.78, 5) is 24.5. The maximum Gasteiger partial charge on any atom is 0.224 e. The van der Waals surface area contributed by atoms with Crippen molar-refractivity contribution in [1.82, 2.24) is 10.2 Å². The Morgan fingerprint density at radius 3 is 2.71 bits per heavy atom. The first-order valence-electron chi connectivity index (χ1n) is 6.37. The summed E-state index contributed by atoms with van der Waals surface area (Å²) in [6.45, 7) is 1.36. The number of likely N-dealkylation sites (tertiary alicyclic amines) is 1. The van der Waals surface area contributed by atoms with Crippen molar-refractivity contribution in [3.05, 3.63) is 0 Å². The number of nitrogens with zero attached hydrogens (tertiary/aromatic N) is 1. The minimum atomic E-state index is 0.00374. The predicted molar refractivity (Wildman–Crippen MR) is 66.3 cm³/mol. The predicted octanol–water partition coefficient (Wildman–Crippen LogP) is 0.243. The average Bonchev–Trinajstić information content (AvgIpc) is 2.57. The molecule has 1 fully saturated rings. The van der Waals surface area contributed by atoms with E-state index in [1.165, 1.54) is 0 Å². The summed E-state index contributed by atoms with van der Waals surface area (Å²) in [7, 11) is 1.77. The zero-order chi connectivity index (χ0) is 12.7. The first-order chi connectivity index (χ1) is 8.13. The Kier molecular flexibility index (Phi) is 5.97. The van der Waals surface area contributed by atoms with Gasteiger partial charge in [0.15, 0.2) is 0 Å². The van der Waals surface area contributed by atoms with Gasteiger partial charge in [0.2, 0.25) is 11.8 Å². The molecule has 1 atom stereocenters. The summed E-state index contributed by atoms with van der Waals surface area (Å²) < 4.78 is 0. The highest BCUT2D eigenvalue weighted by atomic mass is 16.2. The van der Waals surface area contributed by atoms with E-state index < -0.39 is 0 Å². The third-order valence-corrected chi connectivity index (χ3v) is 3.06. The number of nitrogens with two attached hydrogens (primary N) is 1. The maximum absolute atomic E-state index is 11.6. The first kappa shape index (κ1) is 14.0. The number of hydrogen-bond donors (Lipinski definition) is 2. The van der Waals surface area contributed by atoms with Crippen LogP contribution in [0.2, 0.25) is 0 Å². The molecule has 0 aromatic rings. The minimum absolute atomic E-state index is 0.00374. The lowest BCUT2D eigenvalue weighted by Crippen LogP contribution is -2.36. The zero-order valence-corrected chi connectivity index (χ0v) is 10.6. The fraction of sp³-hybridized carbons (Fsp3) is 0.833. The van der Waals surface area contributed by atoms with Crippen LogP contribution in [0.3, 0.4) is 0 Å². The molecular weight excluding hydrogens is 218 g/mol. The smallest absolute Gasteiger partial charge is 0.224 e. The van der Waals surface area contributed by atoms with Crippen molar-refractivity contribution >= 4 is 11.8 Å². The summed E-state index contributed by atoms with van der Waals surface area (Å²) in [6.07, 6.45) is 5.07. The molecule has 0 aromatic carbocycles. The molecule has 0 aromatic heterocycles. The van der Waals surface area contributed by atoms with Crippen molar-refractivity contribution < 1.29 is 9.59 Å². The molecule has 98 valence electrons. The third kappa shape index (κ3) is 5.17. The second-order valence-electron chi connectivity index (χ2n) is 4.70.